The van der Waals surface area contributed by atoms with Gasteiger partial charge in [0, 0.05) is 18.6 Å². The molecule has 0 saturated heterocycles. The molecule has 1 saturated carbocycles. The predicted octanol–water partition coefficient (Wildman–Crippen LogP) is 1.58. The fraction of sp³-hybridized carbons (Fsp3) is 0.692. The minimum atomic E-state index is 0.372. The summed E-state index contributed by atoms with van der Waals surface area (Å²) in [7, 11) is 1.61. The van der Waals surface area contributed by atoms with E-state index in [-0.39, 0.29) is 0 Å². The second-order valence-corrected chi connectivity index (χ2v) is 4.77. The summed E-state index contributed by atoms with van der Waals surface area (Å²) in [5.74, 6) is 1.47. The molecule has 1 aromatic rings. The summed E-state index contributed by atoms with van der Waals surface area (Å²) in [6.07, 6.45) is 7.90. The molecule has 5 nitrogen and oxygen atoms in total. The minimum Gasteiger partial charge on any atom is -0.480 e. The summed E-state index contributed by atoms with van der Waals surface area (Å²) in [5, 5.41) is 0. The van der Waals surface area contributed by atoms with E-state index < -0.39 is 0 Å². The van der Waals surface area contributed by atoms with Crippen LogP contribution in [0.5, 0.6) is 5.88 Å². The molecule has 0 spiro atoms. The Kier molecular flexibility index (Phi) is 4.36. The fourth-order valence-electron chi connectivity index (χ4n) is 2.60. The van der Waals surface area contributed by atoms with Gasteiger partial charge in [-0.2, -0.15) is 4.98 Å². The van der Waals surface area contributed by atoms with Gasteiger partial charge in [-0.15, -0.1) is 0 Å². The number of hydrogen-bond acceptors (Lipinski definition) is 5. The standard InChI is InChI=1S/C13H22N4O/c1-3-17(11-6-4-10(14)5-7-11)12-8-15-9-13(16-12)18-2/h8-11H,3-7,14H2,1-2H3. The highest BCUT2D eigenvalue weighted by Gasteiger charge is 2.24. The van der Waals surface area contributed by atoms with Gasteiger partial charge in [0.2, 0.25) is 5.88 Å². The van der Waals surface area contributed by atoms with Crippen LogP contribution in [0.1, 0.15) is 32.6 Å². The van der Waals surface area contributed by atoms with Crippen molar-refractivity contribution in [2.45, 2.75) is 44.7 Å². The lowest BCUT2D eigenvalue weighted by atomic mass is 9.91. The molecule has 18 heavy (non-hydrogen) atoms. The zero-order valence-electron chi connectivity index (χ0n) is 11.2. The Morgan fingerprint density at radius 2 is 2.06 bits per heavy atom. The lowest BCUT2D eigenvalue weighted by Gasteiger charge is -2.36. The Balaban J connectivity index is 2.11. The van der Waals surface area contributed by atoms with E-state index in [2.05, 4.69) is 21.8 Å². The number of rotatable bonds is 4. The maximum atomic E-state index is 5.96. The highest BCUT2D eigenvalue weighted by Crippen LogP contribution is 2.26. The average molecular weight is 250 g/mol. The van der Waals surface area contributed by atoms with Crippen LogP contribution < -0.4 is 15.4 Å². The maximum Gasteiger partial charge on any atom is 0.233 e. The topological polar surface area (TPSA) is 64.3 Å². The molecule has 1 aliphatic rings. The summed E-state index contributed by atoms with van der Waals surface area (Å²) < 4.78 is 5.13. The number of nitrogens with two attached hydrogens (primary N) is 1. The predicted molar refractivity (Wildman–Crippen MR) is 71.8 cm³/mol. The number of aromatic nitrogens is 2. The third kappa shape index (κ3) is 2.90. The molecule has 2 rings (SSSR count). The number of hydrogen-bond donors (Lipinski definition) is 1. The normalized spacial score (nSPS) is 23.7. The van der Waals surface area contributed by atoms with Crippen LogP contribution >= 0.6 is 0 Å². The summed E-state index contributed by atoms with van der Waals surface area (Å²) >= 11 is 0. The number of methoxy groups -OCH3 is 1. The van der Waals surface area contributed by atoms with Gasteiger partial charge in [-0.3, -0.25) is 4.98 Å². The van der Waals surface area contributed by atoms with Gasteiger partial charge in [-0.05, 0) is 32.6 Å². The Morgan fingerprint density at radius 1 is 1.33 bits per heavy atom. The van der Waals surface area contributed by atoms with E-state index in [1.165, 1.54) is 0 Å². The first-order chi connectivity index (χ1) is 8.74. The molecule has 1 aliphatic carbocycles. The molecule has 1 heterocycles. The lowest BCUT2D eigenvalue weighted by Crippen LogP contribution is -2.41. The van der Waals surface area contributed by atoms with Crippen LogP contribution in [-0.4, -0.2) is 35.7 Å². The maximum absolute atomic E-state index is 5.96. The van der Waals surface area contributed by atoms with E-state index in [0.29, 0.717) is 18.0 Å². The molecule has 0 aliphatic heterocycles. The molecule has 0 unspecified atom stereocenters. The Morgan fingerprint density at radius 3 is 2.67 bits per heavy atom. The first-order valence-corrected chi connectivity index (χ1v) is 6.62. The first kappa shape index (κ1) is 13.1. The van der Waals surface area contributed by atoms with Crippen molar-refractivity contribution >= 4 is 5.82 Å². The van der Waals surface area contributed by atoms with Crippen molar-refractivity contribution < 1.29 is 4.74 Å². The zero-order chi connectivity index (χ0) is 13.0. The van der Waals surface area contributed by atoms with Crippen molar-refractivity contribution in [1.29, 1.82) is 0 Å². The Hall–Kier alpha value is -1.36. The van der Waals surface area contributed by atoms with E-state index in [1.807, 2.05) is 0 Å². The van der Waals surface area contributed by atoms with Crippen LogP contribution in [0.3, 0.4) is 0 Å². The summed E-state index contributed by atoms with van der Waals surface area (Å²) in [6, 6.07) is 0.896. The van der Waals surface area contributed by atoms with Gasteiger partial charge in [-0.1, -0.05) is 0 Å². The molecule has 1 aromatic heterocycles. The van der Waals surface area contributed by atoms with Crippen LogP contribution in [0, 0.1) is 0 Å². The number of anilines is 1. The monoisotopic (exact) mass is 250 g/mol. The van der Waals surface area contributed by atoms with Gasteiger partial charge < -0.3 is 15.4 Å². The van der Waals surface area contributed by atoms with E-state index in [9.17, 15) is 0 Å². The summed E-state index contributed by atoms with van der Waals surface area (Å²) in [5.41, 5.74) is 5.96. The van der Waals surface area contributed by atoms with Crippen molar-refractivity contribution in [3.05, 3.63) is 12.4 Å². The lowest BCUT2D eigenvalue weighted by molar-refractivity contribution is 0.372. The average Bonchev–Trinajstić information content (AvgIpc) is 2.42. The van der Waals surface area contributed by atoms with Crippen LogP contribution in [0.15, 0.2) is 12.4 Å². The van der Waals surface area contributed by atoms with E-state index in [0.717, 1.165) is 38.0 Å². The number of nitrogens with zero attached hydrogens (tertiary/aromatic N) is 3. The first-order valence-electron chi connectivity index (χ1n) is 6.62. The van der Waals surface area contributed by atoms with Gasteiger partial charge in [0.15, 0.2) is 5.82 Å². The van der Waals surface area contributed by atoms with Gasteiger partial charge in [0.1, 0.15) is 0 Å². The molecule has 100 valence electrons. The Labute approximate surface area is 108 Å². The second-order valence-electron chi connectivity index (χ2n) is 4.77. The molecule has 0 bridgehead atoms. The Bertz CT molecular complexity index is 377. The molecule has 1 fully saturated rings. The third-order valence-electron chi connectivity index (χ3n) is 3.63. The highest BCUT2D eigenvalue weighted by molar-refractivity contribution is 5.39. The molecular formula is C13H22N4O. The van der Waals surface area contributed by atoms with E-state index in [4.69, 9.17) is 10.5 Å². The summed E-state index contributed by atoms with van der Waals surface area (Å²) in [6.45, 7) is 3.08. The largest absolute Gasteiger partial charge is 0.480 e. The quantitative estimate of drug-likeness (QED) is 0.879. The third-order valence-corrected chi connectivity index (χ3v) is 3.63. The van der Waals surface area contributed by atoms with E-state index >= 15 is 0 Å². The number of ether oxygens (including phenoxy) is 1. The van der Waals surface area contributed by atoms with Crippen LogP contribution in [0.2, 0.25) is 0 Å². The highest BCUT2D eigenvalue weighted by atomic mass is 16.5. The summed E-state index contributed by atoms with van der Waals surface area (Å²) in [4.78, 5) is 11.0. The van der Waals surface area contributed by atoms with Gasteiger partial charge in [0.05, 0.1) is 19.5 Å². The SMILES string of the molecule is CCN(c1cncc(OC)n1)C1CCC(N)CC1. The van der Waals surface area contributed by atoms with Crippen molar-refractivity contribution in [3.63, 3.8) is 0 Å². The molecule has 5 heteroatoms. The smallest absolute Gasteiger partial charge is 0.233 e. The van der Waals surface area contributed by atoms with Crippen molar-refractivity contribution in [2.24, 2.45) is 5.73 Å². The molecule has 0 aromatic carbocycles. The minimum absolute atomic E-state index is 0.372. The molecule has 0 atom stereocenters. The second kappa shape index (κ2) is 6.00. The van der Waals surface area contributed by atoms with Gasteiger partial charge in [-0.25, -0.2) is 0 Å². The molecule has 2 N–H and O–H groups in total. The van der Waals surface area contributed by atoms with Crippen LogP contribution in [0.25, 0.3) is 0 Å². The van der Waals surface area contributed by atoms with Gasteiger partial charge >= 0.3 is 0 Å². The van der Waals surface area contributed by atoms with Crippen molar-refractivity contribution in [1.82, 2.24) is 9.97 Å². The molecule has 0 amide bonds. The van der Waals surface area contributed by atoms with Crippen molar-refractivity contribution in [3.8, 4) is 5.88 Å². The zero-order valence-corrected chi connectivity index (χ0v) is 11.2. The van der Waals surface area contributed by atoms with Crippen LogP contribution in [-0.2, 0) is 0 Å². The van der Waals surface area contributed by atoms with Crippen molar-refractivity contribution in [2.75, 3.05) is 18.6 Å². The van der Waals surface area contributed by atoms with Gasteiger partial charge in [0.25, 0.3) is 0 Å². The fourth-order valence-corrected chi connectivity index (χ4v) is 2.60. The molecule has 0 radical (unpaired) electrons. The van der Waals surface area contributed by atoms with Crippen LogP contribution in [0.4, 0.5) is 5.82 Å². The van der Waals surface area contributed by atoms with E-state index in [1.54, 1.807) is 19.5 Å². The molecular weight excluding hydrogens is 228 g/mol.